The van der Waals surface area contributed by atoms with Crippen molar-refractivity contribution in [2.24, 2.45) is 11.5 Å². The van der Waals surface area contributed by atoms with Crippen LogP contribution in [-0.4, -0.2) is 56.9 Å². The van der Waals surface area contributed by atoms with Crippen molar-refractivity contribution in [2.75, 3.05) is 33.8 Å². The highest BCUT2D eigenvalue weighted by atomic mass is 16.5. The maximum Gasteiger partial charge on any atom is 0.338 e. The summed E-state index contributed by atoms with van der Waals surface area (Å²) in [5.41, 5.74) is 10.6. The summed E-state index contributed by atoms with van der Waals surface area (Å²) in [5, 5.41) is 11.7. The number of methoxy groups -OCH3 is 4. The molecule has 0 atom stereocenters. The van der Waals surface area contributed by atoms with Gasteiger partial charge in [-0.05, 0) is 54.8 Å². The van der Waals surface area contributed by atoms with Crippen LogP contribution in [0.2, 0.25) is 0 Å². The third-order valence-electron chi connectivity index (χ3n) is 5.33. The predicted octanol–water partition coefficient (Wildman–Crippen LogP) is 2.42. The number of anilines is 1. The van der Waals surface area contributed by atoms with E-state index in [2.05, 4.69) is 5.32 Å². The number of Topliss-reactive ketones (excluding diaryl/α,β-unsaturated/α-hetero) is 1. The maximum absolute atomic E-state index is 13.1. The fraction of sp³-hybridized carbons (Fsp3) is 0.320. The first kappa shape index (κ1) is 28.1. The quantitative estimate of drug-likeness (QED) is 0.192. The monoisotopic (exact) mass is 501 g/mol. The van der Waals surface area contributed by atoms with Gasteiger partial charge in [-0.1, -0.05) is 6.07 Å². The van der Waals surface area contributed by atoms with Crippen LogP contribution in [0.4, 0.5) is 5.69 Å². The van der Waals surface area contributed by atoms with Gasteiger partial charge in [0.05, 0.1) is 34.1 Å². The Morgan fingerprint density at radius 1 is 0.944 bits per heavy atom. The summed E-state index contributed by atoms with van der Waals surface area (Å²) in [6.45, 7) is 1.65. The number of carboxylic acid groups (broad SMARTS) is 1. The van der Waals surface area contributed by atoms with Crippen LogP contribution in [0.1, 0.15) is 35.7 Å². The van der Waals surface area contributed by atoms with Crippen LogP contribution >= 0.6 is 0 Å². The Bertz CT molecular complexity index is 1150. The van der Waals surface area contributed by atoms with E-state index in [4.69, 9.17) is 35.5 Å². The highest BCUT2D eigenvalue weighted by Crippen LogP contribution is 2.38. The lowest BCUT2D eigenvalue weighted by atomic mass is 10.0. The predicted molar refractivity (Wildman–Crippen MR) is 134 cm³/mol. The topological polar surface area (TPSA) is 172 Å². The molecule has 0 aromatic heterocycles. The molecule has 0 radical (unpaired) electrons. The molecule has 11 nitrogen and oxygen atoms in total. The number of ketones is 1. The first-order valence-corrected chi connectivity index (χ1v) is 10.8. The van der Waals surface area contributed by atoms with Crippen molar-refractivity contribution in [1.29, 1.82) is 0 Å². The average Bonchev–Trinajstić information content (AvgIpc) is 2.86. The fourth-order valence-corrected chi connectivity index (χ4v) is 3.31. The van der Waals surface area contributed by atoms with Crippen molar-refractivity contribution < 1.29 is 38.4 Å². The van der Waals surface area contributed by atoms with Gasteiger partial charge in [-0.2, -0.15) is 0 Å². The van der Waals surface area contributed by atoms with Gasteiger partial charge in [0.25, 0.3) is 0 Å². The van der Waals surface area contributed by atoms with E-state index in [1.54, 1.807) is 43.3 Å². The first-order chi connectivity index (χ1) is 17.0. The number of carboxylic acids is 1. The standard InChI is InChI=1S/C25H31N3O8/c1-14(22(30)16-12-19(34-3)23(36-5)20(13-16)35-4)10-15-6-7-18(33-2)17(11-15)28-21(29)8-9-25(26,27)24(31)32/h6-7,10-13H,8-9,26-27H2,1-5H3,(H,28,29)(H,31,32). The molecular weight excluding hydrogens is 470 g/mol. The Labute approximate surface area is 209 Å². The number of nitrogens with two attached hydrogens (primary N) is 2. The Morgan fingerprint density at radius 3 is 2.03 bits per heavy atom. The summed E-state index contributed by atoms with van der Waals surface area (Å²) in [6.07, 6.45) is 1.16. The number of allylic oxidation sites excluding steroid dienone is 1. The second-order valence-electron chi connectivity index (χ2n) is 7.92. The normalized spacial score (nSPS) is 11.5. The third kappa shape index (κ3) is 6.74. The maximum atomic E-state index is 13.1. The summed E-state index contributed by atoms with van der Waals surface area (Å²) in [4.78, 5) is 36.5. The molecule has 0 spiro atoms. The Morgan fingerprint density at radius 2 is 1.53 bits per heavy atom. The number of rotatable bonds is 12. The molecule has 0 bridgehead atoms. The smallest absolute Gasteiger partial charge is 0.338 e. The zero-order chi connectivity index (χ0) is 27.0. The van der Waals surface area contributed by atoms with Gasteiger partial charge in [0.15, 0.2) is 22.9 Å². The molecule has 1 amide bonds. The highest BCUT2D eigenvalue weighted by Gasteiger charge is 2.29. The van der Waals surface area contributed by atoms with Crippen molar-refractivity contribution in [2.45, 2.75) is 25.4 Å². The molecule has 2 aromatic carbocycles. The van der Waals surface area contributed by atoms with Crippen molar-refractivity contribution in [1.82, 2.24) is 0 Å². The van der Waals surface area contributed by atoms with E-state index in [1.807, 2.05) is 0 Å². The lowest BCUT2D eigenvalue weighted by Gasteiger charge is -2.18. The zero-order valence-corrected chi connectivity index (χ0v) is 20.8. The van der Waals surface area contributed by atoms with Crippen molar-refractivity contribution in [3.63, 3.8) is 0 Å². The van der Waals surface area contributed by atoms with Gasteiger partial charge in [-0.15, -0.1) is 0 Å². The molecule has 0 aliphatic carbocycles. The van der Waals surface area contributed by atoms with Crippen LogP contribution in [0, 0.1) is 0 Å². The SMILES string of the molecule is COc1ccc(C=C(C)C(=O)c2cc(OC)c(OC)c(OC)c2)cc1NC(=O)CCC(N)(N)C(=O)O. The van der Waals surface area contributed by atoms with E-state index >= 15 is 0 Å². The van der Waals surface area contributed by atoms with Gasteiger partial charge >= 0.3 is 5.97 Å². The summed E-state index contributed by atoms with van der Waals surface area (Å²) in [5.74, 6) is -0.730. The van der Waals surface area contributed by atoms with Crippen molar-refractivity contribution in [3.05, 3.63) is 47.0 Å². The molecule has 0 heterocycles. The Kier molecular flexibility index (Phi) is 9.42. The molecule has 0 saturated carbocycles. The van der Waals surface area contributed by atoms with Crippen molar-refractivity contribution in [3.8, 4) is 23.0 Å². The minimum absolute atomic E-state index is 0.221. The lowest BCUT2D eigenvalue weighted by Crippen LogP contribution is -2.56. The number of hydrogen-bond acceptors (Lipinski definition) is 9. The summed E-state index contributed by atoms with van der Waals surface area (Å²) in [6, 6.07) is 8.10. The Balaban J connectivity index is 2.30. The summed E-state index contributed by atoms with van der Waals surface area (Å²) < 4.78 is 21.2. The lowest BCUT2D eigenvalue weighted by molar-refractivity contribution is -0.143. The molecule has 0 unspecified atom stereocenters. The highest BCUT2D eigenvalue weighted by molar-refractivity contribution is 6.11. The molecule has 2 aromatic rings. The molecule has 6 N–H and O–H groups in total. The molecule has 11 heteroatoms. The molecular formula is C25H31N3O8. The first-order valence-electron chi connectivity index (χ1n) is 10.8. The van der Waals surface area contributed by atoms with E-state index in [0.717, 1.165) is 0 Å². The van der Waals surface area contributed by atoms with E-state index in [0.29, 0.717) is 45.4 Å². The van der Waals surface area contributed by atoms with Crippen molar-refractivity contribution >= 4 is 29.4 Å². The van der Waals surface area contributed by atoms with Crippen LogP contribution in [0.25, 0.3) is 6.08 Å². The van der Waals surface area contributed by atoms with Crippen LogP contribution in [-0.2, 0) is 9.59 Å². The minimum atomic E-state index is -2.02. The number of nitrogens with one attached hydrogen (secondary N) is 1. The average molecular weight is 502 g/mol. The minimum Gasteiger partial charge on any atom is -0.495 e. The van der Waals surface area contributed by atoms with Gasteiger partial charge < -0.3 is 40.8 Å². The number of carbonyl (C=O) groups excluding carboxylic acids is 2. The number of aliphatic carboxylic acids is 1. The molecule has 2 rings (SSSR count). The number of hydrogen-bond donors (Lipinski definition) is 4. The largest absolute Gasteiger partial charge is 0.495 e. The van der Waals surface area contributed by atoms with Crippen LogP contribution in [0.15, 0.2) is 35.9 Å². The van der Waals surface area contributed by atoms with Gasteiger partial charge in [-0.25, -0.2) is 4.79 Å². The Hall–Kier alpha value is -4.09. The molecule has 0 aliphatic heterocycles. The van der Waals surface area contributed by atoms with E-state index in [-0.39, 0.29) is 18.6 Å². The van der Waals surface area contributed by atoms with Gasteiger partial charge in [0, 0.05) is 12.0 Å². The summed E-state index contributed by atoms with van der Waals surface area (Å²) in [7, 11) is 5.84. The third-order valence-corrected chi connectivity index (χ3v) is 5.33. The zero-order valence-electron chi connectivity index (χ0n) is 20.8. The van der Waals surface area contributed by atoms with Crippen LogP contribution in [0.3, 0.4) is 0 Å². The van der Waals surface area contributed by atoms with Crippen LogP contribution in [0.5, 0.6) is 23.0 Å². The van der Waals surface area contributed by atoms with Crippen LogP contribution < -0.4 is 35.7 Å². The van der Waals surface area contributed by atoms with E-state index in [1.165, 1.54) is 28.4 Å². The van der Waals surface area contributed by atoms with Gasteiger partial charge in [0.2, 0.25) is 11.7 Å². The van der Waals surface area contributed by atoms with E-state index < -0.39 is 17.5 Å². The van der Waals surface area contributed by atoms with Gasteiger partial charge in [-0.3, -0.25) is 9.59 Å². The number of carbonyl (C=O) groups is 3. The summed E-state index contributed by atoms with van der Waals surface area (Å²) >= 11 is 0. The molecule has 194 valence electrons. The molecule has 0 saturated heterocycles. The molecule has 36 heavy (non-hydrogen) atoms. The second-order valence-corrected chi connectivity index (χ2v) is 7.92. The second kappa shape index (κ2) is 12.0. The number of ether oxygens (including phenoxy) is 4. The number of benzene rings is 2. The van der Waals surface area contributed by atoms with Gasteiger partial charge in [0.1, 0.15) is 5.75 Å². The van der Waals surface area contributed by atoms with E-state index in [9.17, 15) is 14.4 Å². The molecule has 0 aliphatic rings. The fourth-order valence-electron chi connectivity index (χ4n) is 3.31. The number of amides is 1. The molecule has 0 fully saturated rings.